The van der Waals surface area contributed by atoms with Crippen molar-refractivity contribution >= 4 is 5.91 Å². The Balaban J connectivity index is 1.74. The van der Waals surface area contributed by atoms with E-state index in [0.717, 1.165) is 6.42 Å². The first-order chi connectivity index (χ1) is 13.1. The fourth-order valence-electron chi connectivity index (χ4n) is 3.34. The van der Waals surface area contributed by atoms with E-state index in [4.69, 9.17) is 18.9 Å². The van der Waals surface area contributed by atoms with Gasteiger partial charge in [0.2, 0.25) is 5.75 Å². The second-order valence-electron chi connectivity index (χ2n) is 6.51. The molecule has 3 rings (SSSR count). The standard InChI is InChI=1S/C21H25NO5/c1-22(12-17-9-14-7-5-6-8-15(14)13-27-17)21(23)16-10-18(24-2)20(26-4)19(11-16)25-3/h5-8,10-11,17H,9,12-13H2,1-4H3. The first-order valence-electron chi connectivity index (χ1n) is 8.81. The van der Waals surface area contributed by atoms with Crippen LogP contribution in [0.3, 0.4) is 0 Å². The van der Waals surface area contributed by atoms with Crippen LogP contribution in [-0.2, 0) is 17.8 Å². The van der Waals surface area contributed by atoms with Crippen molar-refractivity contribution in [3.8, 4) is 17.2 Å². The smallest absolute Gasteiger partial charge is 0.253 e. The minimum atomic E-state index is -0.128. The van der Waals surface area contributed by atoms with Crippen LogP contribution < -0.4 is 14.2 Å². The van der Waals surface area contributed by atoms with Crippen LogP contribution in [0, 0.1) is 0 Å². The quantitative estimate of drug-likeness (QED) is 0.781. The Morgan fingerprint density at radius 2 is 1.70 bits per heavy atom. The lowest BCUT2D eigenvalue weighted by molar-refractivity contribution is 0.00984. The van der Waals surface area contributed by atoms with Gasteiger partial charge in [-0.2, -0.15) is 0 Å². The molecule has 0 saturated carbocycles. The number of ether oxygens (including phenoxy) is 4. The van der Waals surface area contributed by atoms with Gasteiger partial charge in [-0.1, -0.05) is 24.3 Å². The molecule has 0 radical (unpaired) electrons. The van der Waals surface area contributed by atoms with Crippen LogP contribution in [0.4, 0.5) is 0 Å². The summed E-state index contributed by atoms with van der Waals surface area (Å²) >= 11 is 0. The molecular weight excluding hydrogens is 346 g/mol. The molecule has 0 aromatic heterocycles. The van der Waals surface area contributed by atoms with Crippen LogP contribution in [0.2, 0.25) is 0 Å². The zero-order valence-corrected chi connectivity index (χ0v) is 16.2. The van der Waals surface area contributed by atoms with E-state index in [1.54, 1.807) is 24.1 Å². The van der Waals surface area contributed by atoms with Crippen molar-refractivity contribution in [2.45, 2.75) is 19.1 Å². The topological polar surface area (TPSA) is 57.2 Å². The van der Waals surface area contributed by atoms with Gasteiger partial charge in [0.05, 0.1) is 34.0 Å². The number of hydrogen-bond donors (Lipinski definition) is 0. The Kier molecular flexibility index (Phi) is 5.86. The van der Waals surface area contributed by atoms with E-state index < -0.39 is 0 Å². The summed E-state index contributed by atoms with van der Waals surface area (Å²) in [4.78, 5) is 14.6. The highest BCUT2D eigenvalue weighted by atomic mass is 16.5. The summed E-state index contributed by atoms with van der Waals surface area (Å²) in [5, 5.41) is 0. The third-order valence-electron chi connectivity index (χ3n) is 4.78. The summed E-state index contributed by atoms with van der Waals surface area (Å²) in [5.74, 6) is 1.25. The maximum atomic E-state index is 12.9. The van der Waals surface area contributed by atoms with Crippen molar-refractivity contribution in [3.63, 3.8) is 0 Å². The van der Waals surface area contributed by atoms with Crippen molar-refractivity contribution in [1.29, 1.82) is 0 Å². The third-order valence-corrected chi connectivity index (χ3v) is 4.78. The van der Waals surface area contributed by atoms with E-state index >= 15 is 0 Å². The van der Waals surface area contributed by atoms with Gasteiger partial charge < -0.3 is 23.8 Å². The molecular formula is C21H25NO5. The van der Waals surface area contributed by atoms with Gasteiger partial charge in [-0.3, -0.25) is 4.79 Å². The molecule has 0 fully saturated rings. The molecule has 0 saturated heterocycles. The Morgan fingerprint density at radius 1 is 1.07 bits per heavy atom. The summed E-state index contributed by atoms with van der Waals surface area (Å²) in [6.45, 7) is 1.08. The van der Waals surface area contributed by atoms with Gasteiger partial charge in [-0.05, 0) is 23.3 Å². The number of carbonyl (C=O) groups excluding carboxylic acids is 1. The van der Waals surface area contributed by atoms with Gasteiger partial charge in [0.25, 0.3) is 5.91 Å². The molecule has 1 amide bonds. The van der Waals surface area contributed by atoms with E-state index in [1.165, 1.54) is 32.5 Å². The molecule has 2 aromatic carbocycles. The van der Waals surface area contributed by atoms with Gasteiger partial charge in [-0.25, -0.2) is 0 Å². The largest absolute Gasteiger partial charge is 0.493 e. The monoisotopic (exact) mass is 371 g/mol. The van der Waals surface area contributed by atoms with Gasteiger partial charge in [-0.15, -0.1) is 0 Å². The number of likely N-dealkylation sites (N-methyl/N-ethyl adjacent to an activating group) is 1. The fraction of sp³-hybridized carbons (Fsp3) is 0.381. The molecule has 0 aliphatic carbocycles. The number of amides is 1. The van der Waals surface area contributed by atoms with Gasteiger partial charge >= 0.3 is 0 Å². The van der Waals surface area contributed by atoms with Gasteiger partial charge in [0, 0.05) is 25.6 Å². The number of methoxy groups -OCH3 is 3. The molecule has 1 aliphatic heterocycles. The molecule has 1 atom stereocenters. The first kappa shape index (κ1) is 19.0. The number of benzene rings is 2. The van der Waals surface area contributed by atoms with E-state index in [9.17, 15) is 4.79 Å². The molecule has 0 spiro atoms. The Bertz CT molecular complexity index is 795. The Labute approximate surface area is 159 Å². The van der Waals surface area contributed by atoms with Crippen LogP contribution in [0.1, 0.15) is 21.5 Å². The molecule has 6 heteroatoms. The first-order valence-corrected chi connectivity index (χ1v) is 8.81. The van der Waals surface area contributed by atoms with Crippen molar-refractivity contribution in [2.75, 3.05) is 34.9 Å². The fourth-order valence-corrected chi connectivity index (χ4v) is 3.34. The SMILES string of the molecule is COc1cc(C(=O)N(C)CC2Cc3ccccc3CO2)cc(OC)c1OC. The number of nitrogens with zero attached hydrogens (tertiary/aromatic N) is 1. The van der Waals surface area contributed by atoms with E-state index in [-0.39, 0.29) is 12.0 Å². The molecule has 1 unspecified atom stereocenters. The zero-order valence-electron chi connectivity index (χ0n) is 16.2. The maximum Gasteiger partial charge on any atom is 0.253 e. The normalized spacial score (nSPS) is 15.6. The van der Waals surface area contributed by atoms with Crippen LogP contribution in [0.25, 0.3) is 0 Å². The predicted octanol–water partition coefficient (Wildman–Crippen LogP) is 2.93. The highest BCUT2D eigenvalue weighted by molar-refractivity contribution is 5.95. The summed E-state index contributed by atoms with van der Waals surface area (Å²) < 4.78 is 21.9. The molecule has 0 bridgehead atoms. The summed E-state index contributed by atoms with van der Waals surface area (Å²) in [6.07, 6.45) is 0.763. The van der Waals surface area contributed by atoms with Crippen LogP contribution in [0.5, 0.6) is 17.2 Å². The second kappa shape index (κ2) is 8.31. The molecule has 6 nitrogen and oxygen atoms in total. The lowest BCUT2D eigenvalue weighted by Gasteiger charge is -2.29. The summed E-state index contributed by atoms with van der Waals surface area (Å²) in [6, 6.07) is 11.6. The lowest BCUT2D eigenvalue weighted by Crippen LogP contribution is -2.38. The van der Waals surface area contributed by atoms with Crippen LogP contribution in [-0.4, -0.2) is 51.8 Å². The number of rotatable bonds is 6. The van der Waals surface area contributed by atoms with Crippen LogP contribution >= 0.6 is 0 Å². The second-order valence-corrected chi connectivity index (χ2v) is 6.51. The molecule has 2 aromatic rings. The van der Waals surface area contributed by atoms with E-state index in [1.807, 2.05) is 12.1 Å². The zero-order chi connectivity index (χ0) is 19.4. The van der Waals surface area contributed by atoms with Gasteiger partial charge in [0.15, 0.2) is 11.5 Å². The molecule has 0 N–H and O–H groups in total. The van der Waals surface area contributed by atoms with Crippen molar-refractivity contribution in [1.82, 2.24) is 4.90 Å². The molecule has 27 heavy (non-hydrogen) atoms. The van der Waals surface area contributed by atoms with Gasteiger partial charge in [0.1, 0.15) is 0 Å². The van der Waals surface area contributed by atoms with E-state index in [0.29, 0.717) is 36.0 Å². The molecule has 1 heterocycles. The maximum absolute atomic E-state index is 12.9. The van der Waals surface area contributed by atoms with Crippen molar-refractivity contribution < 1.29 is 23.7 Å². The molecule has 1 aliphatic rings. The summed E-state index contributed by atoms with van der Waals surface area (Å²) in [5.41, 5.74) is 2.97. The Morgan fingerprint density at radius 3 is 2.30 bits per heavy atom. The Hall–Kier alpha value is -2.73. The average molecular weight is 371 g/mol. The number of carbonyl (C=O) groups is 1. The number of hydrogen-bond acceptors (Lipinski definition) is 5. The van der Waals surface area contributed by atoms with E-state index in [2.05, 4.69) is 12.1 Å². The number of fused-ring (bicyclic) bond motifs is 1. The summed E-state index contributed by atoms with van der Waals surface area (Å²) in [7, 11) is 6.37. The van der Waals surface area contributed by atoms with Crippen molar-refractivity contribution in [2.24, 2.45) is 0 Å². The van der Waals surface area contributed by atoms with Crippen molar-refractivity contribution in [3.05, 3.63) is 53.1 Å². The molecule has 144 valence electrons. The third kappa shape index (κ3) is 4.01. The lowest BCUT2D eigenvalue weighted by atomic mass is 9.99. The minimum Gasteiger partial charge on any atom is -0.493 e. The average Bonchev–Trinajstić information content (AvgIpc) is 2.71. The van der Waals surface area contributed by atoms with Crippen LogP contribution in [0.15, 0.2) is 36.4 Å². The predicted molar refractivity (Wildman–Crippen MR) is 102 cm³/mol. The highest BCUT2D eigenvalue weighted by Gasteiger charge is 2.24. The minimum absolute atomic E-state index is 0.0316. The highest BCUT2D eigenvalue weighted by Crippen LogP contribution is 2.38.